The first-order valence-corrected chi connectivity index (χ1v) is 10.2. The molecule has 5 nitrogen and oxygen atoms in total. The van der Waals surface area contributed by atoms with Crippen molar-refractivity contribution in [3.8, 4) is 5.75 Å². The van der Waals surface area contributed by atoms with Crippen molar-refractivity contribution in [3.05, 3.63) is 64.7 Å². The number of carbonyl (C=O) groups is 2. The van der Waals surface area contributed by atoms with E-state index < -0.39 is 6.04 Å². The zero-order chi connectivity index (χ0) is 21.4. The van der Waals surface area contributed by atoms with E-state index in [1.165, 1.54) is 0 Å². The summed E-state index contributed by atoms with van der Waals surface area (Å²) in [6.45, 7) is 7.90. The Kier molecular flexibility index (Phi) is 8.52. The number of amides is 2. The average molecular weight is 417 g/mol. The maximum Gasteiger partial charge on any atom is 0.261 e. The highest BCUT2D eigenvalue weighted by Gasteiger charge is 2.29. The van der Waals surface area contributed by atoms with Gasteiger partial charge in [0.05, 0.1) is 0 Å². The number of hydrogen-bond donors (Lipinski definition) is 1. The summed E-state index contributed by atoms with van der Waals surface area (Å²) in [5.41, 5.74) is 2.08. The first-order valence-electron chi connectivity index (χ1n) is 9.84. The minimum absolute atomic E-state index is 0.00205. The summed E-state index contributed by atoms with van der Waals surface area (Å²) in [7, 11) is 0. The number of rotatable bonds is 9. The minimum Gasteiger partial charge on any atom is -0.484 e. The molecule has 0 heterocycles. The number of hydrogen-bond acceptors (Lipinski definition) is 3. The van der Waals surface area contributed by atoms with Crippen LogP contribution in [0.5, 0.6) is 5.75 Å². The smallest absolute Gasteiger partial charge is 0.261 e. The Labute approximate surface area is 178 Å². The Morgan fingerprint density at radius 1 is 1.14 bits per heavy atom. The van der Waals surface area contributed by atoms with Gasteiger partial charge in [0.2, 0.25) is 5.91 Å². The first-order chi connectivity index (χ1) is 13.8. The molecule has 1 unspecified atom stereocenters. The van der Waals surface area contributed by atoms with Crippen LogP contribution in [0.1, 0.15) is 38.3 Å². The summed E-state index contributed by atoms with van der Waals surface area (Å²) in [5, 5.41) is 3.52. The van der Waals surface area contributed by atoms with Crippen LogP contribution in [0.3, 0.4) is 0 Å². The molecule has 0 aliphatic rings. The predicted molar refractivity (Wildman–Crippen MR) is 116 cm³/mol. The van der Waals surface area contributed by atoms with E-state index in [1.807, 2.05) is 52.0 Å². The fourth-order valence-corrected chi connectivity index (χ4v) is 3.19. The van der Waals surface area contributed by atoms with Crippen molar-refractivity contribution in [2.24, 2.45) is 0 Å². The van der Waals surface area contributed by atoms with Crippen molar-refractivity contribution in [2.75, 3.05) is 6.61 Å². The summed E-state index contributed by atoms with van der Waals surface area (Å²) in [6.07, 6.45) is 0.511. The molecule has 2 aromatic carbocycles. The van der Waals surface area contributed by atoms with Crippen molar-refractivity contribution < 1.29 is 14.3 Å². The number of aryl methyl sites for hydroxylation is 1. The topological polar surface area (TPSA) is 58.6 Å². The monoisotopic (exact) mass is 416 g/mol. The third kappa shape index (κ3) is 7.09. The number of halogens is 1. The van der Waals surface area contributed by atoms with Crippen LogP contribution in [0.2, 0.25) is 5.02 Å². The molecule has 2 aromatic rings. The number of nitrogens with one attached hydrogen (secondary N) is 1. The van der Waals surface area contributed by atoms with E-state index in [0.29, 0.717) is 23.7 Å². The summed E-state index contributed by atoms with van der Waals surface area (Å²) in [4.78, 5) is 27.4. The van der Waals surface area contributed by atoms with Crippen molar-refractivity contribution in [1.82, 2.24) is 10.2 Å². The van der Waals surface area contributed by atoms with Gasteiger partial charge in [-0.3, -0.25) is 9.59 Å². The summed E-state index contributed by atoms with van der Waals surface area (Å²) < 4.78 is 5.64. The van der Waals surface area contributed by atoms with Gasteiger partial charge in [-0.2, -0.15) is 0 Å². The number of benzene rings is 2. The standard InChI is InChI=1S/C23H29ClN2O3/c1-5-21(23(28)25-16(2)3)26(14-18-8-6-7-17(4)13-18)22(27)15-29-20-11-9-19(24)10-12-20/h6-13,16,21H,5,14-15H2,1-4H3,(H,25,28). The van der Waals surface area contributed by atoms with Gasteiger partial charge in [-0.25, -0.2) is 0 Å². The van der Waals surface area contributed by atoms with Crippen LogP contribution in [0.25, 0.3) is 0 Å². The zero-order valence-electron chi connectivity index (χ0n) is 17.4. The highest BCUT2D eigenvalue weighted by molar-refractivity contribution is 6.30. The van der Waals surface area contributed by atoms with Crippen molar-refractivity contribution in [2.45, 2.75) is 52.7 Å². The SMILES string of the molecule is CCC(C(=O)NC(C)C)N(Cc1cccc(C)c1)C(=O)COc1ccc(Cl)cc1. The zero-order valence-corrected chi connectivity index (χ0v) is 18.2. The second-order valence-corrected chi connectivity index (χ2v) is 7.78. The van der Waals surface area contributed by atoms with E-state index in [-0.39, 0.29) is 24.5 Å². The first kappa shape index (κ1) is 22.8. The Bertz CT molecular complexity index is 821. The Hall–Kier alpha value is -2.53. The van der Waals surface area contributed by atoms with Crippen LogP contribution < -0.4 is 10.1 Å². The summed E-state index contributed by atoms with van der Waals surface area (Å²) in [5.74, 6) is 0.153. The Morgan fingerprint density at radius 3 is 2.41 bits per heavy atom. The highest BCUT2D eigenvalue weighted by atomic mass is 35.5. The molecule has 0 spiro atoms. The van der Waals surface area contributed by atoms with Crippen molar-refractivity contribution in [1.29, 1.82) is 0 Å². The lowest BCUT2D eigenvalue weighted by molar-refractivity contribution is -0.143. The molecular formula is C23H29ClN2O3. The summed E-state index contributed by atoms with van der Waals surface area (Å²) >= 11 is 5.89. The van der Waals surface area contributed by atoms with Crippen LogP contribution in [-0.2, 0) is 16.1 Å². The molecule has 0 aliphatic carbocycles. The lowest BCUT2D eigenvalue weighted by Crippen LogP contribution is -2.51. The molecule has 0 aliphatic heterocycles. The van der Waals surface area contributed by atoms with Crippen LogP contribution in [0, 0.1) is 6.92 Å². The second kappa shape index (κ2) is 10.9. The number of carbonyl (C=O) groups excluding carboxylic acids is 2. The lowest BCUT2D eigenvalue weighted by Gasteiger charge is -2.31. The van der Waals surface area contributed by atoms with Gasteiger partial charge < -0.3 is 15.0 Å². The van der Waals surface area contributed by atoms with E-state index in [2.05, 4.69) is 5.32 Å². The molecular weight excluding hydrogens is 388 g/mol. The van der Waals surface area contributed by atoms with Gasteiger partial charge in [-0.15, -0.1) is 0 Å². The van der Waals surface area contributed by atoms with Gasteiger partial charge >= 0.3 is 0 Å². The van der Waals surface area contributed by atoms with Gasteiger partial charge in [-0.1, -0.05) is 48.4 Å². The quantitative estimate of drug-likeness (QED) is 0.660. The lowest BCUT2D eigenvalue weighted by atomic mass is 10.1. The van der Waals surface area contributed by atoms with Gasteiger partial charge in [0.25, 0.3) is 5.91 Å². The van der Waals surface area contributed by atoms with E-state index in [1.54, 1.807) is 29.2 Å². The molecule has 0 saturated heterocycles. The molecule has 1 N–H and O–H groups in total. The molecule has 2 amide bonds. The number of ether oxygens (including phenoxy) is 1. The van der Waals surface area contributed by atoms with E-state index >= 15 is 0 Å². The molecule has 1 atom stereocenters. The van der Waals surface area contributed by atoms with Crippen LogP contribution in [0.15, 0.2) is 48.5 Å². The molecule has 0 saturated carbocycles. The van der Waals surface area contributed by atoms with Gasteiger partial charge in [0.15, 0.2) is 6.61 Å². The van der Waals surface area contributed by atoms with Gasteiger partial charge in [-0.05, 0) is 57.0 Å². The molecule has 29 heavy (non-hydrogen) atoms. The van der Waals surface area contributed by atoms with E-state index in [9.17, 15) is 9.59 Å². The maximum absolute atomic E-state index is 13.1. The Balaban J connectivity index is 2.20. The minimum atomic E-state index is -0.570. The molecule has 0 radical (unpaired) electrons. The predicted octanol–water partition coefficient (Wildman–Crippen LogP) is 4.36. The van der Waals surface area contributed by atoms with E-state index in [0.717, 1.165) is 11.1 Å². The van der Waals surface area contributed by atoms with Crippen LogP contribution in [-0.4, -0.2) is 35.4 Å². The molecule has 2 rings (SSSR count). The van der Waals surface area contributed by atoms with Gasteiger partial charge in [0.1, 0.15) is 11.8 Å². The molecule has 0 bridgehead atoms. The summed E-state index contributed by atoms with van der Waals surface area (Å²) in [6, 6.07) is 14.2. The molecule has 0 fully saturated rings. The molecule has 0 aromatic heterocycles. The van der Waals surface area contributed by atoms with Crippen LogP contribution in [0.4, 0.5) is 0 Å². The van der Waals surface area contributed by atoms with Gasteiger partial charge in [0, 0.05) is 17.6 Å². The second-order valence-electron chi connectivity index (χ2n) is 7.34. The average Bonchev–Trinajstić information content (AvgIpc) is 2.66. The third-order valence-corrected chi connectivity index (χ3v) is 4.68. The fourth-order valence-electron chi connectivity index (χ4n) is 3.07. The van der Waals surface area contributed by atoms with Crippen molar-refractivity contribution >= 4 is 23.4 Å². The van der Waals surface area contributed by atoms with E-state index in [4.69, 9.17) is 16.3 Å². The van der Waals surface area contributed by atoms with Crippen LogP contribution >= 0.6 is 11.6 Å². The largest absolute Gasteiger partial charge is 0.484 e. The molecule has 6 heteroatoms. The highest BCUT2D eigenvalue weighted by Crippen LogP contribution is 2.17. The third-order valence-electron chi connectivity index (χ3n) is 4.43. The fraction of sp³-hybridized carbons (Fsp3) is 0.391. The maximum atomic E-state index is 13.1. The van der Waals surface area contributed by atoms with Crippen molar-refractivity contribution in [3.63, 3.8) is 0 Å². The number of nitrogens with zero attached hydrogens (tertiary/aromatic N) is 1. The molecule has 156 valence electrons. The Morgan fingerprint density at radius 2 is 1.83 bits per heavy atom. The normalized spacial score (nSPS) is 11.8.